The van der Waals surface area contributed by atoms with E-state index in [4.69, 9.17) is 14.6 Å². The molecule has 1 atom stereocenters. The van der Waals surface area contributed by atoms with E-state index in [-0.39, 0.29) is 36.1 Å². The van der Waals surface area contributed by atoms with Crippen LogP contribution in [0.2, 0.25) is 0 Å². The van der Waals surface area contributed by atoms with Crippen molar-refractivity contribution < 1.29 is 42.2 Å². The van der Waals surface area contributed by atoms with Crippen LogP contribution in [0.15, 0.2) is 83.8 Å². The summed E-state index contributed by atoms with van der Waals surface area (Å²) in [6.45, 7) is 8.07. The maximum Gasteiger partial charge on any atom is 0.490 e. The first-order valence-corrected chi connectivity index (χ1v) is 24.5. The molecule has 1 saturated carbocycles. The summed E-state index contributed by atoms with van der Waals surface area (Å²) < 4.78 is 39.6. The van der Waals surface area contributed by atoms with Crippen LogP contribution in [-0.4, -0.2) is 141 Å². The topological polar surface area (TPSA) is 173 Å². The van der Waals surface area contributed by atoms with Crippen LogP contribution in [0.5, 0.6) is 0 Å². The lowest BCUT2D eigenvalue weighted by molar-refractivity contribution is -0.192. The number of aromatic nitrogens is 3. The molecule has 0 bridgehead atoms. The molecule has 3 N–H and O–H groups in total. The summed E-state index contributed by atoms with van der Waals surface area (Å²) in [5.74, 6) is -2.99. The molecule has 3 saturated heterocycles. The second-order valence-corrected chi connectivity index (χ2v) is 19.4. The number of pyridine rings is 1. The van der Waals surface area contributed by atoms with Crippen LogP contribution >= 0.6 is 0 Å². The van der Waals surface area contributed by atoms with Crippen molar-refractivity contribution in [2.75, 3.05) is 59.4 Å². The van der Waals surface area contributed by atoms with E-state index in [0.717, 1.165) is 115 Å². The zero-order chi connectivity index (χ0) is 49.6. The number of hydrogen-bond acceptors (Lipinski definition) is 9. The quantitative estimate of drug-likeness (QED) is 0.124. The number of rotatable bonds is 10. The van der Waals surface area contributed by atoms with Crippen LogP contribution < -0.4 is 10.9 Å². The third-order valence-electron chi connectivity index (χ3n) is 14.8. The first-order chi connectivity index (χ1) is 33.6. The van der Waals surface area contributed by atoms with Crippen LogP contribution in [0.1, 0.15) is 86.0 Å². The molecule has 70 heavy (non-hydrogen) atoms. The Kier molecular flexibility index (Phi) is 15.6. The highest BCUT2D eigenvalue weighted by atomic mass is 19.4. The van der Waals surface area contributed by atoms with Crippen LogP contribution in [0.3, 0.4) is 0 Å². The molecule has 1 unspecified atom stereocenters. The van der Waals surface area contributed by atoms with Gasteiger partial charge in [0.2, 0.25) is 5.91 Å². The minimum Gasteiger partial charge on any atom is -0.475 e. The number of benzene rings is 3. The number of amides is 3. The number of alkyl halides is 3. The van der Waals surface area contributed by atoms with E-state index in [0.29, 0.717) is 51.5 Å². The van der Waals surface area contributed by atoms with Gasteiger partial charge in [0.25, 0.3) is 5.56 Å². The maximum absolute atomic E-state index is 14.6. The number of H-pyrrole nitrogens is 1. The predicted molar refractivity (Wildman–Crippen MR) is 258 cm³/mol. The Morgan fingerprint density at radius 1 is 0.843 bits per heavy atom. The lowest BCUT2D eigenvalue weighted by Crippen LogP contribution is -2.59. The van der Waals surface area contributed by atoms with Gasteiger partial charge in [-0.2, -0.15) is 18.3 Å². The van der Waals surface area contributed by atoms with Crippen LogP contribution in [0, 0.1) is 6.92 Å². The number of carbonyl (C=O) groups excluding carboxylic acids is 3. The molecule has 9 rings (SSSR count). The largest absolute Gasteiger partial charge is 0.490 e. The lowest BCUT2D eigenvalue weighted by atomic mass is 9.69. The minimum atomic E-state index is -5.08. The fourth-order valence-corrected chi connectivity index (χ4v) is 10.9. The number of carboxylic acids is 1. The standard InChI is InChI=1S/C50H62N8O5.C2HF3O2/c1-35-29-36(30-39-33-51-58(45(35)39)34-63-48(61)50(19-9-4-10-20-50)40-12-5-3-6-13-40)31-44(47(60)56-27-25-55(26-28-56)41-17-21-54(2)22-18-41)53-49(62)57-23-15-37(16-24-57)42-32-38-11-7-8-14-43(38)52-46(42)59;3-2(4,5)1(6)7/h3,5-8,11-14,29-30,32-33,37,41,44H,4,9-10,15-28,31,34H2,1-2H3,(H,52,59)(H,53,62);(H,6,7). The molecule has 5 heterocycles. The molecule has 0 radical (unpaired) electrons. The van der Waals surface area contributed by atoms with Gasteiger partial charge >= 0.3 is 24.1 Å². The van der Waals surface area contributed by atoms with Gasteiger partial charge in [0.05, 0.1) is 17.1 Å². The molecule has 15 nitrogen and oxygen atoms in total. The Bertz CT molecular complexity index is 2700. The Morgan fingerprint density at radius 2 is 1.50 bits per heavy atom. The van der Waals surface area contributed by atoms with Gasteiger partial charge in [0.15, 0.2) is 6.73 Å². The van der Waals surface area contributed by atoms with Gasteiger partial charge in [-0.1, -0.05) is 73.9 Å². The Labute approximate surface area is 404 Å². The van der Waals surface area contributed by atoms with E-state index in [9.17, 15) is 32.3 Å². The van der Waals surface area contributed by atoms with E-state index < -0.39 is 23.6 Å². The number of carbonyl (C=O) groups is 4. The van der Waals surface area contributed by atoms with Gasteiger partial charge in [0.1, 0.15) is 6.04 Å². The number of aromatic amines is 1. The number of halogens is 3. The number of ether oxygens (including phenoxy) is 1. The van der Waals surface area contributed by atoms with E-state index in [1.54, 1.807) is 15.8 Å². The normalized spacial score (nSPS) is 19.0. The SMILES string of the molecule is Cc1cc(CC(NC(=O)N2CCC(c3cc4ccccc4[nH]c3=O)CC2)C(=O)N2CCN(C3CCN(C)CC3)CC2)cc2cnn(COC(=O)C3(c4ccccc4)CCCCC3)c12.O=C(O)C(F)(F)F. The number of hydrogen-bond donors (Lipinski definition) is 3. The van der Waals surface area contributed by atoms with Gasteiger partial charge in [-0.3, -0.25) is 19.3 Å². The number of urea groups is 1. The van der Waals surface area contributed by atoms with Gasteiger partial charge < -0.3 is 34.8 Å². The number of piperidine rings is 2. The highest BCUT2D eigenvalue weighted by molar-refractivity contribution is 5.89. The summed E-state index contributed by atoms with van der Waals surface area (Å²) in [6, 6.07) is 23.4. The minimum absolute atomic E-state index is 0.00372. The fraction of sp³-hybridized carbons (Fsp3) is 0.500. The number of likely N-dealkylation sites (tertiary alicyclic amines) is 2. The Balaban J connectivity index is 0.000000876. The number of nitrogens with zero attached hydrogens (tertiary/aromatic N) is 6. The number of fused-ring (bicyclic) bond motifs is 2. The van der Waals surface area contributed by atoms with Gasteiger partial charge in [0, 0.05) is 68.2 Å². The number of carboxylic acid groups (broad SMARTS) is 1. The third-order valence-corrected chi connectivity index (χ3v) is 14.8. The highest BCUT2D eigenvalue weighted by Gasteiger charge is 2.43. The van der Waals surface area contributed by atoms with Crippen molar-refractivity contribution in [2.24, 2.45) is 0 Å². The summed E-state index contributed by atoms with van der Waals surface area (Å²) in [7, 11) is 2.18. The molecule has 1 aliphatic carbocycles. The van der Waals surface area contributed by atoms with Crippen LogP contribution in [0.25, 0.3) is 21.8 Å². The van der Waals surface area contributed by atoms with Gasteiger partial charge in [-0.05, 0) is 112 Å². The molecule has 4 aliphatic rings. The molecule has 0 spiro atoms. The van der Waals surface area contributed by atoms with E-state index in [2.05, 4.69) is 38.3 Å². The molecular formula is C52H63F3N8O7. The molecule has 5 aromatic rings. The van der Waals surface area contributed by atoms with Gasteiger partial charge in [-0.15, -0.1) is 0 Å². The average Bonchev–Trinajstić information content (AvgIpc) is 3.79. The molecule has 3 amide bonds. The Morgan fingerprint density at radius 3 is 2.17 bits per heavy atom. The average molecular weight is 969 g/mol. The van der Waals surface area contributed by atoms with E-state index >= 15 is 0 Å². The zero-order valence-corrected chi connectivity index (χ0v) is 39.9. The molecule has 3 aliphatic heterocycles. The van der Waals surface area contributed by atoms with Crippen molar-refractivity contribution in [2.45, 2.75) is 107 Å². The summed E-state index contributed by atoms with van der Waals surface area (Å²) >= 11 is 0. The summed E-state index contributed by atoms with van der Waals surface area (Å²) in [5, 5.41) is 16.9. The summed E-state index contributed by atoms with van der Waals surface area (Å²) in [4.78, 5) is 76.2. The Hall–Kier alpha value is -6.27. The monoisotopic (exact) mass is 968 g/mol. The van der Waals surface area contributed by atoms with Crippen molar-refractivity contribution >= 4 is 45.7 Å². The molecule has 18 heteroatoms. The van der Waals surface area contributed by atoms with E-state index in [1.807, 2.05) is 78.6 Å². The summed E-state index contributed by atoms with van der Waals surface area (Å²) in [5.41, 5.74) is 4.59. The number of piperazine rings is 1. The maximum atomic E-state index is 14.6. The molecule has 374 valence electrons. The number of aliphatic carboxylic acids is 1. The second-order valence-electron chi connectivity index (χ2n) is 19.4. The molecular weight excluding hydrogens is 906 g/mol. The third kappa shape index (κ3) is 11.5. The van der Waals surface area contributed by atoms with Crippen molar-refractivity contribution in [1.29, 1.82) is 0 Å². The van der Waals surface area contributed by atoms with Crippen molar-refractivity contribution in [3.05, 3.63) is 112 Å². The number of esters is 1. The van der Waals surface area contributed by atoms with Crippen LogP contribution in [-0.2, 0) is 37.7 Å². The molecule has 3 aromatic carbocycles. The number of para-hydroxylation sites is 1. The first kappa shape index (κ1) is 50.1. The number of aryl methyl sites for hydroxylation is 1. The van der Waals surface area contributed by atoms with Crippen molar-refractivity contribution in [1.82, 2.24) is 39.7 Å². The van der Waals surface area contributed by atoms with Crippen molar-refractivity contribution in [3.63, 3.8) is 0 Å². The first-order valence-electron chi connectivity index (χ1n) is 24.5. The van der Waals surface area contributed by atoms with E-state index in [1.165, 1.54) is 0 Å². The molecule has 2 aromatic heterocycles. The highest BCUT2D eigenvalue weighted by Crippen LogP contribution is 2.41. The van der Waals surface area contributed by atoms with Gasteiger partial charge in [-0.25, -0.2) is 14.3 Å². The lowest BCUT2D eigenvalue weighted by Gasteiger charge is -2.43. The predicted octanol–water partition coefficient (Wildman–Crippen LogP) is 6.96. The summed E-state index contributed by atoms with van der Waals surface area (Å²) in [6.07, 6.45) is 5.27. The number of nitrogens with one attached hydrogen (secondary N) is 2. The second kappa shape index (κ2) is 21.8. The molecule has 4 fully saturated rings. The van der Waals surface area contributed by atoms with Crippen molar-refractivity contribution in [3.8, 4) is 0 Å². The smallest absolute Gasteiger partial charge is 0.475 e. The zero-order valence-electron chi connectivity index (χ0n) is 39.9. The fourth-order valence-electron chi connectivity index (χ4n) is 10.9. The van der Waals surface area contributed by atoms with Crippen LogP contribution in [0.4, 0.5) is 18.0 Å².